The van der Waals surface area contributed by atoms with Crippen LogP contribution in [0.3, 0.4) is 0 Å². The van der Waals surface area contributed by atoms with Gasteiger partial charge in [0.25, 0.3) is 0 Å². The summed E-state index contributed by atoms with van der Waals surface area (Å²) in [4.78, 5) is 18.6. The Kier molecular flexibility index (Phi) is 4.23. The fourth-order valence-corrected chi connectivity index (χ4v) is 2.83. The van der Waals surface area contributed by atoms with Crippen molar-refractivity contribution >= 4 is 11.7 Å². The predicted octanol–water partition coefficient (Wildman–Crippen LogP) is 3.46. The average molecular weight is 297 g/mol. The molecule has 0 saturated carbocycles. The summed E-state index contributed by atoms with van der Waals surface area (Å²) in [5.41, 5.74) is 1.82. The van der Waals surface area contributed by atoms with Crippen LogP contribution in [0, 0.1) is 0 Å². The predicted molar refractivity (Wildman–Crippen MR) is 84.9 cm³/mol. The minimum atomic E-state index is -0.0837. The number of amides is 2. The summed E-state index contributed by atoms with van der Waals surface area (Å²) in [6.45, 7) is 0.759. The quantitative estimate of drug-likeness (QED) is 0.944. The number of nitrogens with zero attached hydrogens (tertiary/aromatic N) is 2. The SMILES string of the molecule is COc1cccc(NC(=O)N2CCCC2c2cccnc2)c1. The van der Waals surface area contributed by atoms with Gasteiger partial charge in [-0.1, -0.05) is 12.1 Å². The van der Waals surface area contributed by atoms with Crippen LogP contribution < -0.4 is 10.1 Å². The van der Waals surface area contributed by atoms with E-state index in [2.05, 4.69) is 10.3 Å². The third-order valence-corrected chi connectivity index (χ3v) is 3.90. The zero-order valence-corrected chi connectivity index (χ0v) is 12.5. The Labute approximate surface area is 129 Å². The second-order valence-corrected chi connectivity index (χ2v) is 5.30. The van der Waals surface area contributed by atoms with Gasteiger partial charge in [0.15, 0.2) is 0 Å². The van der Waals surface area contributed by atoms with Crippen LogP contribution in [-0.2, 0) is 0 Å². The van der Waals surface area contributed by atoms with E-state index in [1.54, 1.807) is 13.3 Å². The summed E-state index contributed by atoms with van der Waals surface area (Å²) in [5.74, 6) is 0.725. The van der Waals surface area contributed by atoms with Crippen molar-refractivity contribution in [2.24, 2.45) is 0 Å². The van der Waals surface area contributed by atoms with Crippen LogP contribution in [0.4, 0.5) is 10.5 Å². The molecule has 0 aliphatic carbocycles. The maximum atomic E-state index is 12.6. The number of carbonyl (C=O) groups excluding carboxylic acids is 1. The highest BCUT2D eigenvalue weighted by Crippen LogP contribution is 2.32. The number of nitrogens with one attached hydrogen (secondary N) is 1. The van der Waals surface area contributed by atoms with Crippen molar-refractivity contribution in [3.63, 3.8) is 0 Å². The molecule has 0 radical (unpaired) electrons. The number of methoxy groups -OCH3 is 1. The molecule has 5 heteroatoms. The van der Waals surface area contributed by atoms with E-state index in [9.17, 15) is 4.79 Å². The molecular formula is C17H19N3O2. The number of aromatic nitrogens is 1. The monoisotopic (exact) mass is 297 g/mol. The molecule has 114 valence electrons. The third kappa shape index (κ3) is 3.03. The van der Waals surface area contributed by atoms with Crippen LogP contribution in [0.15, 0.2) is 48.8 Å². The molecule has 5 nitrogen and oxygen atoms in total. The summed E-state index contributed by atoms with van der Waals surface area (Å²) < 4.78 is 5.18. The van der Waals surface area contributed by atoms with Gasteiger partial charge < -0.3 is 15.0 Å². The molecule has 1 N–H and O–H groups in total. The number of pyridine rings is 1. The summed E-state index contributed by atoms with van der Waals surface area (Å²) in [6, 6.07) is 11.3. The van der Waals surface area contributed by atoms with Crippen molar-refractivity contribution in [3.05, 3.63) is 54.4 Å². The zero-order valence-electron chi connectivity index (χ0n) is 12.5. The summed E-state index contributed by atoms with van der Waals surface area (Å²) >= 11 is 0. The Morgan fingerprint density at radius 1 is 1.36 bits per heavy atom. The van der Waals surface area contributed by atoms with Gasteiger partial charge in [0.1, 0.15) is 5.75 Å². The summed E-state index contributed by atoms with van der Waals surface area (Å²) in [6.07, 6.45) is 5.56. The average Bonchev–Trinajstić information content (AvgIpc) is 3.05. The molecule has 1 aromatic heterocycles. The minimum absolute atomic E-state index is 0.0837. The number of hydrogen-bond donors (Lipinski definition) is 1. The van der Waals surface area contributed by atoms with Crippen LogP contribution in [0.25, 0.3) is 0 Å². The van der Waals surface area contributed by atoms with E-state index in [-0.39, 0.29) is 12.1 Å². The van der Waals surface area contributed by atoms with Gasteiger partial charge in [0.2, 0.25) is 0 Å². The van der Waals surface area contributed by atoms with Crippen molar-refractivity contribution in [2.45, 2.75) is 18.9 Å². The first kappa shape index (κ1) is 14.4. The van der Waals surface area contributed by atoms with Gasteiger partial charge in [-0.15, -0.1) is 0 Å². The number of hydrogen-bond acceptors (Lipinski definition) is 3. The van der Waals surface area contributed by atoms with E-state index in [0.717, 1.165) is 36.4 Å². The molecule has 1 saturated heterocycles. The molecule has 1 fully saturated rings. The van der Waals surface area contributed by atoms with Crippen LogP contribution in [0.2, 0.25) is 0 Å². The lowest BCUT2D eigenvalue weighted by Crippen LogP contribution is -2.34. The first-order valence-corrected chi connectivity index (χ1v) is 7.39. The van der Waals surface area contributed by atoms with Crippen molar-refractivity contribution < 1.29 is 9.53 Å². The van der Waals surface area contributed by atoms with E-state index in [1.807, 2.05) is 47.5 Å². The van der Waals surface area contributed by atoms with Crippen LogP contribution in [0.1, 0.15) is 24.4 Å². The molecular weight excluding hydrogens is 278 g/mol. The highest BCUT2D eigenvalue weighted by molar-refractivity contribution is 5.90. The van der Waals surface area contributed by atoms with E-state index in [1.165, 1.54) is 0 Å². The van der Waals surface area contributed by atoms with Gasteiger partial charge in [-0.3, -0.25) is 4.98 Å². The van der Waals surface area contributed by atoms with Gasteiger partial charge in [-0.2, -0.15) is 0 Å². The molecule has 1 aromatic carbocycles. The lowest BCUT2D eigenvalue weighted by atomic mass is 10.1. The number of rotatable bonds is 3. The van der Waals surface area contributed by atoms with E-state index in [0.29, 0.717) is 0 Å². The van der Waals surface area contributed by atoms with Crippen LogP contribution in [-0.4, -0.2) is 29.6 Å². The molecule has 2 aromatic rings. The van der Waals surface area contributed by atoms with Crippen LogP contribution in [0.5, 0.6) is 5.75 Å². The van der Waals surface area contributed by atoms with Gasteiger partial charge in [-0.05, 0) is 36.6 Å². The number of anilines is 1. The normalized spacial score (nSPS) is 17.3. The van der Waals surface area contributed by atoms with Gasteiger partial charge in [-0.25, -0.2) is 4.79 Å². The number of ether oxygens (including phenoxy) is 1. The smallest absolute Gasteiger partial charge is 0.322 e. The molecule has 0 spiro atoms. The molecule has 1 atom stereocenters. The number of urea groups is 1. The Morgan fingerprint density at radius 2 is 2.27 bits per heavy atom. The Hall–Kier alpha value is -2.56. The van der Waals surface area contributed by atoms with Gasteiger partial charge in [0, 0.05) is 30.7 Å². The Morgan fingerprint density at radius 3 is 3.05 bits per heavy atom. The lowest BCUT2D eigenvalue weighted by Gasteiger charge is -2.25. The fourth-order valence-electron chi connectivity index (χ4n) is 2.83. The molecule has 1 aliphatic heterocycles. The second-order valence-electron chi connectivity index (χ2n) is 5.30. The molecule has 3 rings (SSSR count). The van der Waals surface area contributed by atoms with E-state index >= 15 is 0 Å². The topological polar surface area (TPSA) is 54.5 Å². The second kappa shape index (κ2) is 6.47. The Bertz CT molecular complexity index is 645. The zero-order chi connectivity index (χ0) is 15.4. The van der Waals surface area contributed by atoms with Crippen molar-refractivity contribution in [1.82, 2.24) is 9.88 Å². The minimum Gasteiger partial charge on any atom is -0.497 e. The highest BCUT2D eigenvalue weighted by Gasteiger charge is 2.30. The third-order valence-electron chi connectivity index (χ3n) is 3.90. The molecule has 0 bridgehead atoms. The van der Waals surface area contributed by atoms with E-state index < -0.39 is 0 Å². The number of carbonyl (C=O) groups is 1. The first-order valence-electron chi connectivity index (χ1n) is 7.39. The van der Waals surface area contributed by atoms with Crippen molar-refractivity contribution in [1.29, 1.82) is 0 Å². The largest absolute Gasteiger partial charge is 0.497 e. The molecule has 1 unspecified atom stereocenters. The maximum Gasteiger partial charge on any atom is 0.322 e. The molecule has 22 heavy (non-hydrogen) atoms. The lowest BCUT2D eigenvalue weighted by molar-refractivity contribution is 0.207. The number of benzene rings is 1. The van der Waals surface area contributed by atoms with Crippen LogP contribution >= 0.6 is 0 Å². The molecule has 2 heterocycles. The molecule has 2 amide bonds. The fraction of sp³-hybridized carbons (Fsp3) is 0.294. The van der Waals surface area contributed by atoms with Crippen molar-refractivity contribution in [2.75, 3.05) is 19.0 Å². The highest BCUT2D eigenvalue weighted by atomic mass is 16.5. The standard InChI is InChI=1S/C17H19N3O2/c1-22-15-7-2-6-14(11-15)19-17(21)20-10-4-8-16(20)13-5-3-9-18-12-13/h2-3,5-7,9,11-12,16H,4,8,10H2,1H3,(H,19,21). The van der Waals surface area contributed by atoms with Crippen molar-refractivity contribution in [3.8, 4) is 5.75 Å². The Balaban J connectivity index is 1.73. The summed E-state index contributed by atoms with van der Waals surface area (Å²) in [7, 11) is 1.61. The van der Waals surface area contributed by atoms with Gasteiger partial charge >= 0.3 is 6.03 Å². The first-order chi connectivity index (χ1) is 10.8. The summed E-state index contributed by atoms with van der Waals surface area (Å²) in [5, 5.41) is 2.94. The van der Waals surface area contributed by atoms with Gasteiger partial charge in [0.05, 0.1) is 13.2 Å². The molecule has 1 aliphatic rings. The number of likely N-dealkylation sites (tertiary alicyclic amines) is 1. The maximum absolute atomic E-state index is 12.6. The van der Waals surface area contributed by atoms with E-state index in [4.69, 9.17) is 4.74 Å².